The largest absolute Gasteiger partial charge is 0.397 e. The van der Waals surface area contributed by atoms with Gasteiger partial charge < -0.3 is 15.6 Å². The Morgan fingerprint density at radius 1 is 1.20 bits per heavy atom. The molecule has 1 aromatic heterocycles. The van der Waals surface area contributed by atoms with Crippen LogP contribution in [0.5, 0.6) is 0 Å². The van der Waals surface area contributed by atoms with Crippen LogP contribution in [-0.4, -0.2) is 10.5 Å². The van der Waals surface area contributed by atoms with E-state index in [1.54, 1.807) is 30.5 Å². The maximum Gasteiger partial charge on any atom is 0.272 e. The lowest BCUT2D eigenvalue weighted by Gasteiger charge is -2.13. The molecule has 1 heterocycles. The number of nitrogens with two attached hydrogens (primary N) is 1. The number of nitrogen functional groups attached to an aromatic ring is 1. The molecule has 106 valence electrons. The summed E-state index contributed by atoms with van der Waals surface area (Å²) in [5, 5.41) is 3.69. The maximum atomic E-state index is 12.3. The Balaban J connectivity index is 2.28. The van der Waals surface area contributed by atoms with Crippen LogP contribution in [0, 0.1) is 0 Å². The van der Waals surface area contributed by atoms with Crippen LogP contribution in [0.15, 0.2) is 30.5 Å². The summed E-state index contributed by atoms with van der Waals surface area (Å²) in [7, 11) is 0. The van der Waals surface area contributed by atoms with Gasteiger partial charge in [0, 0.05) is 28.0 Å². The molecule has 3 N–H and O–H groups in total. The third-order valence-electron chi connectivity index (χ3n) is 2.78. The van der Waals surface area contributed by atoms with Crippen molar-refractivity contribution in [3.05, 3.63) is 46.2 Å². The third kappa shape index (κ3) is 3.26. The highest BCUT2D eigenvalue weighted by Gasteiger charge is 2.15. The van der Waals surface area contributed by atoms with E-state index >= 15 is 0 Å². The van der Waals surface area contributed by atoms with Gasteiger partial charge in [-0.05, 0) is 38.1 Å². The summed E-state index contributed by atoms with van der Waals surface area (Å²) < 4.78 is 1.82. The summed E-state index contributed by atoms with van der Waals surface area (Å²) in [6, 6.07) is 6.65. The molecule has 0 fully saturated rings. The van der Waals surface area contributed by atoms with Crippen LogP contribution in [-0.2, 0) is 0 Å². The minimum Gasteiger partial charge on any atom is -0.397 e. The van der Waals surface area contributed by atoms with Crippen molar-refractivity contribution in [1.82, 2.24) is 4.57 Å². The number of nitrogens with one attached hydrogen (secondary N) is 1. The lowest BCUT2D eigenvalue weighted by atomic mass is 10.3. The molecular weight excluding hydrogens is 297 g/mol. The number of nitrogens with zero attached hydrogens (tertiary/aromatic N) is 1. The van der Waals surface area contributed by atoms with Crippen molar-refractivity contribution in [3.8, 4) is 0 Å². The SMILES string of the molecule is CC(C)n1cc(N)cc1C(=O)Nc1cc(Cl)cc(Cl)c1. The molecule has 6 heteroatoms. The van der Waals surface area contributed by atoms with Gasteiger partial charge in [-0.1, -0.05) is 23.2 Å². The fourth-order valence-corrected chi connectivity index (χ4v) is 2.46. The molecule has 1 aromatic carbocycles. The van der Waals surface area contributed by atoms with Crippen molar-refractivity contribution in [3.63, 3.8) is 0 Å². The zero-order chi connectivity index (χ0) is 14.9. The molecule has 0 aliphatic rings. The number of rotatable bonds is 3. The van der Waals surface area contributed by atoms with Gasteiger partial charge in [0.25, 0.3) is 5.91 Å². The normalized spacial score (nSPS) is 10.8. The quantitative estimate of drug-likeness (QED) is 0.892. The summed E-state index contributed by atoms with van der Waals surface area (Å²) in [4.78, 5) is 12.3. The molecule has 0 aliphatic heterocycles. The zero-order valence-corrected chi connectivity index (χ0v) is 12.7. The minimum absolute atomic E-state index is 0.135. The van der Waals surface area contributed by atoms with Gasteiger partial charge in [-0.15, -0.1) is 0 Å². The highest BCUT2D eigenvalue weighted by Crippen LogP contribution is 2.24. The van der Waals surface area contributed by atoms with E-state index < -0.39 is 0 Å². The summed E-state index contributed by atoms with van der Waals surface area (Å²) in [5.41, 5.74) is 7.34. The highest BCUT2D eigenvalue weighted by molar-refractivity contribution is 6.35. The predicted octanol–water partition coefficient (Wildman–Crippen LogP) is 4.21. The van der Waals surface area contributed by atoms with Gasteiger partial charge in [0.05, 0.1) is 5.69 Å². The number of anilines is 2. The molecule has 0 bridgehead atoms. The fraction of sp³-hybridized carbons (Fsp3) is 0.214. The van der Waals surface area contributed by atoms with Crippen LogP contribution in [0.2, 0.25) is 10.0 Å². The molecule has 0 aliphatic carbocycles. The minimum atomic E-state index is -0.256. The van der Waals surface area contributed by atoms with Crippen LogP contribution in [0.25, 0.3) is 0 Å². The fourth-order valence-electron chi connectivity index (χ4n) is 1.93. The Hall–Kier alpha value is -1.65. The summed E-state index contributed by atoms with van der Waals surface area (Å²) in [6.45, 7) is 3.96. The van der Waals surface area contributed by atoms with Crippen molar-refractivity contribution >= 4 is 40.5 Å². The van der Waals surface area contributed by atoms with E-state index in [9.17, 15) is 4.79 Å². The molecule has 0 atom stereocenters. The first-order chi connectivity index (χ1) is 9.36. The van der Waals surface area contributed by atoms with Crippen molar-refractivity contribution in [2.24, 2.45) is 0 Å². The molecule has 2 rings (SSSR count). The predicted molar refractivity (Wildman–Crippen MR) is 83.6 cm³/mol. The number of hydrogen-bond acceptors (Lipinski definition) is 2. The van der Waals surface area contributed by atoms with Crippen LogP contribution in [0.4, 0.5) is 11.4 Å². The van der Waals surface area contributed by atoms with E-state index in [2.05, 4.69) is 5.32 Å². The molecule has 0 radical (unpaired) electrons. The Morgan fingerprint density at radius 3 is 2.35 bits per heavy atom. The second kappa shape index (κ2) is 5.77. The number of carbonyl (C=O) groups is 1. The van der Waals surface area contributed by atoms with Crippen molar-refractivity contribution in [1.29, 1.82) is 0 Å². The van der Waals surface area contributed by atoms with E-state index in [4.69, 9.17) is 28.9 Å². The second-order valence-electron chi connectivity index (χ2n) is 4.77. The van der Waals surface area contributed by atoms with Gasteiger partial charge in [-0.3, -0.25) is 4.79 Å². The first-order valence-electron chi connectivity index (χ1n) is 6.11. The Labute approximate surface area is 127 Å². The summed E-state index contributed by atoms with van der Waals surface area (Å²) in [5.74, 6) is -0.256. The summed E-state index contributed by atoms with van der Waals surface area (Å²) >= 11 is 11.8. The maximum absolute atomic E-state index is 12.3. The average Bonchev–Trinajstić information content (AvgIpc) is 2.70. The van der Waals surface area contributed by atoms with E-state index in [-0.39, 0.29) is 11.9 Å². The lowest BCUT2D eigenvalue weighted by molar-refractivity contribution is 0.101. The van der Waals surface area contributed by atoms with Gasteiger partial charge in [-0.25, -0.2) is 0 Å². The number of halogens is 2. The Kier molecular flexibility index (Phi) is 4.26. The zero-order valence-electron chi connectivity index (χ0n) is 11.2. The number of benzene rings is 1. The van der Waals surface area contributed by atoms with Crippen molar-refractivity contribution in [2.75, 3.05) is 11.1 Å². The van der Waals surface area contributed by atoms with Gasteiger partial charge in [0.2, 0.25) is 0 Å². The number of aromatic nitrogens is 1. The number of carbonyl (C=O) groups excluding carboxylic acids is 1. The van der Waals surface area contributed by atoms with E-state index in [0.29, 0.717) is 27.1 Å². The molecule has 0 spiro atoms. The third-order valence-corrected chi connectivity index (χ3v) is 3.22. The van der Waals surface area contributed by atoms with Gasteiger partial charge >= 0.3 is 0 Å². The molecule has 0 saturated carbocycles. The topological polar surface area (TPSA) is 60.0 Å². The summed E-state index contributed by atoms with van der Waals surface area (Å²) in [6.07, 6.45) is 1.74. The van der Waals surface area contributed by atoms with Crippen LogP contribution >= 0.6 is 23.2 Å². The van der Waals surface area contributed by atoms with Crippen LogP contribution in [0.3, 0.4) is 0 Å². The number of hydrogen-bond donors (Lipinski definition) is 2. The Morgan fingerprint density at radius 2 is 1.80 bits per heavy atom. The van der Waals surface area contributed by atoms with Crippen LogP contribution in [0.1, 0.15) is 30.4 Å². The van der Waals surface area contributed by atoms with E-state index in [1.165, 1.54) is 0 Å². The molecule has 1 amide bonds. The smallest absolute Gasteiger partial charge is 0.272 e. The van der Waals surface area contributed by atoms with Crippen molar-refractivity contribution < 1.29 is 4.79 Å². The molecule has 4 nitrogen and oxygen atoms in total. The van der Waals surface area contributed by atoms with E-state index in [1.807, 2.05) is 18.4 Å². The molecule has 2 aromatic rings. The standard InChI is InChI=1S/C14H15Cl2N3O/c1-8(2)19-7-11(17)6-13(19)14(20)18-12-4-9(15)3-10(16)5-12/h3-8H,17H2,1-2H3,(H,18,20). The highest BCUT2D eigenvalue weighted by atomic mass is 35.5. The Bertz CT molecular complexity index is 630. The van der Waals surface area contributed by atoms with Gasteiger partial charge in [0.1, 0.15) is 5.69 Å². The second-order valence-corrected chi connectivity index (χ2v) is 5.64. The van der Waals surface area contributed by atoms with Gasteiger partial charge in [0.15, 0.2) is 0 Å². The lowest BCUT2D eigenvalue weighted by Crippen LogP contribution is -2.17. The average molecular weight is 312 g/mol. The first-order valence-corrected chi connectivity index (χ1v) is 6.87. The number of amides is 1. The van der Waals surface area contributed by atoms with Crippen LogP contribution < -0.4 is 11.1 Å². The molecule has 0 unspecified atom stereocenters. The molecule has 20 heavy (non-hydrogen) atoms. The first kappa shape index (κ1) is 14.8. The van der Waals surface area contributed by atoms with E-state index in [0.717, 1.165) is 0 Å². The van der Waals surface area contributed by atoms with Crippen molar-refractivity contribution in [2.45, 2.75) is 19.9 Å². The molecule has 0 saturated heterocycles. The van der Waals surface area contributed by atoms with Gasteiger partial charge in [-0.2, -0.15) is 0 Å². The monoisotopic (exact) mass is 311 g/mol. The molecular formula is C14H15Cl2N3O.